The van der Waals surface area contributed by atoms with Gasteiger partial charge in [0.2, 0.25) is 11.8 Å². The minimum Gasteiger partial charge on any atom is -0.394 e. The van der Waals surface area contributed by atoms with Gasteiger partial charge in [0.15, 0.2) is 0 Å². The highest BCUT2D eigenvalue weighted by Crippen LogP contribution is 2.26. The largest absolute Gasteiger partial charge is 0.414 e. The van der Waals surface area contributed by atoms with Gasteiger partial charge in [0.05, 0.1) is 18.3 Å². The van der Waals surface area contributed by atoms with Gasteiger partial charge < -0.3 is 25.5 Å². The number of aryl methyl sites for hydroxylation is 1. The first kappa shape index (κ1) is 22.1. The summed E-state index contributed by atoms with van der Waals surface area (Å²) in [7, 11) is 0. The van der Waals surface area contributed by atoms with Gasteiger partial charge in [0.25, 0.3) is 0 Å². The van der Waals surface area contributed by atoms with Gasteiger partial charge in [-0.2, -0.15) is 13.2 Å². The number of aliphatic hydroxyl groups excluding tert-OH is 1. The van der Waals surface area contributed by atoms with Crippen molar-refractivity contribution in [2.75, 3.05) is 18.5 Å². The summed E-state index contributed by atoms with van der Waals surface area (Å²) in [5, 5.41) is 14.2. The van der Waals surface area contributed by atoms with Crippen LogP contribution in [0, 0.1) is 6.92 Å². The van der Waals surface area contributed by atoms with Crippen LogP contribution in [0.5, 0.6) is 5.88 Å². The first-order chi connectivity index (χ1) is 14.7. The van der Waals surface area contributed by atoms with Crippen LogP contribution in [0.1, 0.15) is 17.2 Å². The number of carbonyl (C=O) groups is 1. The first-order valence-electron chi connectivity index (χ1n) is 9.22. The number of aliphatic hydroxyl groups is 1. The summed E-state index contributed by atoms with van der Waals surface area (Å²) in [5.74, 6) is -0.0759. The second-order valence-electron chi connectivity index (χ2n) is 6.63. The lowest BCUT2D eigenvalue weighted by Gasteiger charge is -2.15. The summed E-state index contributed by atoms with van der Waals surface area (Å²) < 4.78 is 42.4. The monoisotopic (exact) mass is 435 g/mol. The fourth-order valence-corrected chi connectivity index (χ4v) is 2.76. The molecule has 8 nitrogen and oxygen atoms in total. The van der Waals surface area contributed by atoms with E-state index in [0.717, 1.165) is 0 Å². The molecule has 0 fully saturated rings. The lowest BCUT2D eigenvalue weighted by molar-refractivity contribution is -0.115. The fourth-order valence-electron chi connectivity index (χ4n) is 2.76. The van der Waals surface area contributed by atoms with E-state index < -0.39 is 24.9 Å². The molecule has 3 rings (SSSR count). The Kier molecular flexibility index (Phi) is 6.75. The second-order valence-corrected chi connectivity index (χ2v) is 6.63. The molecule has 3 aromatic rings. The van der Waals surface area contributed by atoms with Crippen molar-refractivity contribution in [2.45, 2.75) is 19.1 Å². The van der Waals surface area contributed by atoms with E-state index in [1.807, 2.05) is 6.07 Å². The van der Waals surface area contributed by atoms with Gasteiger partial charge in [-0.15, -0.1) is 0 Å². The fraction of sp³-hybridized carbons (Fsp3) is 0.250. The molecular formula is C20H20F3N5O3. The standard InChI is InChI=1S/C20H20F3N5O3/c1-12-8-25-18(26-11-20(21,22)23)28-17(12)14-7-16(24-9-14)31-19(30)27-15(10-29)13-5-3-2-4-6-13/h2-9,15,24,29H,10-11H2,1H3,(H,27,30)(H,25,26,28). The van der Waals surface area contributed by atoms with Gasteiger partial charge in [-0.05, 0) is 18.1 Å². The molecule has 2 heterocycles. The summed E-state index contributed by atoms with van der Waals surface area (Å²) >= 11 is 0. The molecule has 0 saturated heterocycles. The Labute approximate surface area is 175 Å². The van der Waals surface area contributed by atoms with Crippen molar-refractivity contribution in [3.05, 3.63) is 59.9 Å². The highest BCUT2D eigenvalue weighted by molar-refractivity contribution is 5.72. The third kappa shape index (κ3) is 6.19. The molecule has 164 valence electrons. The van der Waals surface area contributed by atoms with Crippen molar-refractivity contribution in [1.29, 1.82) is 0 Å². The van der Waals surface area contributed by atoms with E-state index in [1.165, 1.54) is 18.5 Å². The Morgan fingerprint density at radius 2 is 2.03 bits per heavy atom. The van der Waals surface area contributed by atoms with E-state index in [-0.39, 0.29) is 18.4 Å². The number of rotatable bonds is 7. The Morgan fingerprint density at radius 1 is 1.29 bits per heavy atom. The number of aromatic nitrogens is 3. The molecule has 1 atom stereocenters. The average Bonchev–Trinajstić information content (AvgIpc) is 3.19. The Morgan fingerprint density at radius 3 is 2.71 bits per heavy atom. The number of hydrogen-bond acceptors (Lipinski definition) is 6. The van der Waals surface area contributed by atoms with Crippen LogP contribution in [0.15, 0.2) is 48.8 Å². The summed E-state index contributed by atoms with van der Waals surface area (Å²) in [6, 6.07) is 9.74. The zero-order valence-corrected chi connectivity index (χ0v) is 16.4. The molecular weight excluding hydrogens is 415 g/mol. The molecule has 0 aliphatic rings. The molecule has 31 heavy (non-hydrogen) atoms. The van der Waals surface area contributed by atoms with Crippen LogP contribution in [-0.2, 0) is 0 Å². The summed E-state index contributed by atoms with van der Waals surface area (Å²) in [6.45, 7) is 0.127. The number of alkyl halides is 3. The van der Waals surface area contributed by atoms with E-state index in [2.05, 4.69) is 25.6 Å². The van der Waals surface area contributed by atoms with Crippen molar-refractivity contribution < 1.29 is 27.8 Å². The lowest BCUT2D eigenvalue weighted by Crippen LogP contribution is -2.33. The van der Waals surface area contributed by atoms with Crippen molar-refractivity contribution in [3.63, 3.8) is 0 Å². The lowest BCUT2D eigenvalue weighted by atomic mass is 10.1. The normalized spacial score (nSPS) is 12.3. The topological polar surface area (TPSA) is 112 Å². The van der Waals surface area contributed by atoms with Crippen LogP contribution in [0.4, 0.5) is 23.9 Å². The predicted molar refractivity (Wildman–Crippen MR) is 107 cm³/mol. The van der Waals surface area contributed by atoms with Gasteiger partial charge in [-0.3, -0.25) is 0 Å². The number of H-pyrrole nitrogens is 1. The maximum atomic E-state index is 12.4. The minimum atomic E-state index is -4.40. The summed E-state index contributed by atoms with van der Waals surface area (Å²) in [5.41, 5.74) is 2.21. The van der Waals surface area contributed by atoms with Crippen molar-refractivity contribution in [2.24, 2.45) is 0 Å². The van der Waals surface area contributed by atoms with Gasteiger partial charge in [0.1, 0.15) is 6.54 Å². The number of nitrogens with zero attached hydrogens (tertiary/aromatic N) is 2. The number of nitrogens with one attached hydrogen (secondary N) is 3. The number of benzene rings is 1. The zero-order chi connectivity index (χ0) is 22.4. The number of carbonyl (C=O) groups excluding carboxylic acids is 1. The maximum absolute atomic E-state index is 12.4. The highest BCUT2D eigenvalue weighted by atomic mass is 19.4. The molecule has 1 unspecified atom stereocenters. The number of aromatic amines is 1. The Hall–Kier alpha value is -3.60. The third-order valence-corrected chi connectivity index (χ3v) is 4.23. The van der Waals surface area contributed by atoms with E-state index in [4.69, 9.17) is 4.74 Å². The average molecular weight is 435 g/mol. The molecule has 0 aliphatic carbocycles. The van der Waals surface area contributed by atoms with Crippen molar-refractivity contribution in [3.8, 4) is 17.1 Å². The molecule has 0 spiro atoms. The highest BCUT2D eigenvalue weighted by Gasteiger charge is 2.27. The molecule has 1 aromatic carbocycles. The quantitative estimate of drug-likeness (QED) is 0.451. The van der Waals surface area contributed by atoms with Crippen LogP contribution >= 0.6 is 0 Å². The predicted octanol–water partition coefficient (Wildman–Crippen LogP) is 3.58. The Bertz CT molecular complexity index is 1020. The second kappa shape index (κ2) is 9.47. The van der Waals surface area contributed by atoms with Crippen molar-refractivity contribution >= 4 is 12.0 Å². The van der Waals surface area contributed by atoms with Gasteiger partial charge in [0, 0.05) is 24.0 Å². The molecule has 2 aromatic heterocycles. The smallest absolute Gasteiger partial charge is 0.394 e. The van der Waals surface area contributed by atoms with E-state index in [0.29, 0.717) is 22.4 Å². The molecule has 0 bridgehead atoms. The molecule has 4 N–H and O–H groups in total. The summed E-state index contributed by atoms with van der Waals surface area (Å²) in [4.78, 5) is 22.9. The summed E-state index contributed by atoms with van der Waals surface area (Å²) in [6.07, 6.45) is -2.29. The number of halogens is 3. The van der Waals surface area contributed by atoms with Gasteiger partial charge >= 0.3 is 12.3 Å². The van der Waals surface area contributed by atoms with E-state index in [9.17, 15) is 23.1 Å². The Balaban J connectivity index is 1.68. The van der Waals surface area contributed by atoms with Crippen LogP contribution in [0.25, 0.3) is 11.3 Å². The number of hydrogen-bond donors (Lipinski definition) is 4. The molecule has 0 aliphatic heterocycles. The number of anilines is 1. The van der Waals surface area contributed by atoms with Gasteiger partial charge in [-0.25, -0.2) is 14.8 Å². The minimum absolute atomic E-state index is 0.0973. The molecule has 0 radical (unpaired) electrons. The SMILES string of the molecule is Cc1cnc(NCC(F)(F)F)nc1-c1c[nH]c(OC(=O)NC(CO)c2ccccc2)c1. The maximum Gasteiger partial charge on any atom is 0.414 e. The van der Waals surface area contributed by atoms with Crippen molar-refractivity contribution in [1.82, 2.24) is 20.3 Å². The van der Waals surface area contributed by atoms with E-state index >= 15 is 0 Å². The molecule has 0 saturated carbocycles. The first-order valence-corrected chi connectivity index (χ1v) is 9.22. The van der Waals surface area contributed by atoms with Crippen LogP contribution in [0.3, 0.4) is 0 Å². The number of amides is 1. The molecule has 11 heteroatoms. The number of ether oxygens (including phenoxy) is 1. The zero-order valence-electron chi connectivity index (χ0n) is 16.4. The van der Waals surface area contributed by atoms with Crippen LogP contribution in [-0.4, -0.2) is 45.5 Å². The van der Waals surface area contributed by atoms with Crippen LogP contribution < -0.4 is 15.4 Å². The van der Waals surface area contributed by atoms with Gasteiger partial charge in [-0.1, -0.05) is 30.3 Å². The molecule has 1 amide bonds. The third-order valence-electron chi connectivity index (χ3n) is 4.23. The van der Waals surface area contributed by atoms with Crippen LogP contribution in [0.2, 0.25) is 0 Å². The van der Waals surface area contributed by atoms with E-state index in [1.54, 1.807) is 31.2 Å².